The summed E-state index contributed by atoms with van der Waals surface area (Å²) in [7, 11) is 0. The van der Waals surface area contributed by atoms with E-state index in [0.717, 1.165) is 11.3 Å². The Hall–Kier alpha value is -2.10. The van der Waals surface area contributed by atoms with E-state index in [4.69, 9.17) is 10.1 Å². The minimum Gasteiger partial charge on any atom is -0.478 e. The Labute approximate surface area is 94.0 Å². The summed E-state index contributed by atoms with van der Waals surface area (Å²) in [5.41, 5.74) is 1.68. The van der Waals surface area contributed by atoms with Crippen molar-refractivity contribution in [2.24, 2.45) is 0 Å². The highest BCUT2D eigenvalue weighted by Crippen LogP contribution is 2.10. The summed E-state index contributed by atoms with van der Waals surface area (Å²) >= 11 is 0. The summed E-state index contributed by atoms with van der Waals surface area (Å²) in [6.07, 6.45) is 3.59. The first kappa shape index (κ1) is 10.4. The van der Waals surface area contributed by atoms with E-state index in [1.165, 1.54) is 0 Å². The lowest BCUT2D eigenvalue weighted by molar-refractivity contribution is 0.325. The first-order valence-corrected chi connectivity index (χ1v) is 5.13. The Morgan fingerprint density at radius 1 is 1.44 bits per heavy atom. The maximum Gasteiger partial charge on any atom is 0.213 e. The van der Waals surface area contributed by atoms with E-state index < -0.39 is 0 Å². The highest BCUT2D eigenvalue weighted by Gasteiger charge is 2.03. The standard InChI is InChI=1S/C12H13N3O/c1-2-16-12(13)10-5-3-6-11(9-10)15-8-4-7-14-15/h3-9,13H,2H2,1H3. The highest BCUT2D eigenvalue weighted by atomic mass is 16.5. The molecule has 0 aliphatic heterocycles. The molecule has 0 bridgehead atoms. The fourth-order valence-electron chi connectivity index (χ4n) is 1.44. The van der Waals surface area contributed by atoms with Crippen molar-refractivity contribution < 1.29 is 4.74 Å². The van der Waals surface area contributed by atoms with E-state index in [1.54, 1.807) is 10.9 Å². The number of benzene rings is 1. The molecule has 0 aliphatic rings. The summed E-state index contributed by atoms with van der Waals surface area (Å²) in [6, 6.07) is 9.42. The molecule has 82 valence electrons. The molecule has 1 aromatic heterocycles. The van der Waals surface area contributed by atoms with Gasteiger partial charge in [0.25, 0.3) is 0 Å². The van der Waals surface area contributed by atoms with Crippen molar-refractivity contribution in [1.29, 1.82) is 5.41 Å². The summed E-state index contributed by atoms with van der Waals surface area (Å²) in [5.74, 6) is 0.191. The van der Waals surface area contributed by atoms with Crippen molar-refractivity contribution in [2.75, 3.05) is 6.61 Å². The second kappa shape index (κ2) is 4.61. The van der Waals surface area contributed by atoms with Crippen LogP contribution in [0.5, 0.6) is 0 Å². The molecule has 0 spiro atoms. The molecule has 0 atom stereocenters. The van der Waals surface area contributed by atoms with Gasteiger partial charge in [0.2, 0.25) is 5.90 Å². The van der Waals surface area contributed by atoms with Crippen LogP contribution in [0.2, 0.25) is 0 Å². The number of ether oxygens (including phenoxy) is 1. The Balaban J connectivity index is 2.30. The molecule has 0 aliphatic carbocycles. The number of aromatic nitrogens is 2. The zero-order valence-electron chi connectivity index (χ0n) is 9.05. The van der Waals surface area contributed by atoms with Crippen LogP contribution in [-0.2, 0) is 4.74 Å². The van der Waals surface area contributed by atoms with Crippen LogP contribution in [0.3, 0.4) is 0 Å². The van der Waals surface area contributed by atoms with Crippen molar-refractivity contribution in [3.63, 3.8) is 0 Å². The molecule has 0 radical (unpaired) electrons. The summed E-state index contributed by atoms with van der Waals surface area (Å²) < 4.78 is 6.91. The van der Waals surface area contributed by atoms with Gasteiger partial charge in [-0.25, -0.2) is 4.68 Å². The van der Waals surface area contributed by atoms with Gasteiger partial charge in [-0.15, -0.1) is 0 Å². The molecule has 0 fully saturated rings. The Morgan fingerprint density at radius 3 is 3.00 bits per heavy atom. The fraction of sp³-hybridized carbons (Fsp3) is 0.167. The number of nitrogens with zero attached hydrogens (tertiary/aromatic N) is 2. The maximum atomic E-state index is 7.70. The summed E-state index contributed by atoms with van der Waals surface area (Å²) in [5, 5.41) is 11.8. The van der Waals surface area contributed by atoms with Crippen LogP contribution < -0.4 is 0 Å². The second-order valence-electron chi connectivity index (χ2n) is 3.26. The average Bonchev–Trinajstić information content (AvgIpc) is 2.83. The number of rotatable bonds is 3. The molecule has 0 unspecified atom stereocenters. The lowest BCUT2D eigenvalue weighted by Gasteiger charge is -2.07. The molecule has 4 heteroatoms. The summed E-state index contributed by atoms with van der Waals surface area (Å²) in [6.45, 7) is 2.37. The zero-order chi connectivity index (χ0) is 11.4. The minimum absolute atomic E-state index is 0.191. The largest absolute Gasteiger partial charge is 0.478 e. The number of hydrogen-bond donors (Lipinski definition) is 1. The number of hydrogen-bond acceptors (Lipinski definition) is 3. The van der Waals surface area contributed by atoms with Crippen molar-refractivity contribution in [2.45, 2.75) is 6.92 Å². The third-order valence-corrected chi connectivity index (χ3v) is 2.17. The van der Waals surface area contributed by atoms with E-state index >= 15 is 0 Å². The van der Waals surface area contributed by atoms with Gasteiger partial charge in [-0.05, 0) is 31.2 Å². The molecule has 16 heavy (non-hydrogen) atoms. The molecular weight excluding hydrogens is 202 g/mol. The second-order valence-corrected chi connectivity index (χ2v) is 3.26. The van der Waals surface area contributed by atoms with Crippen molar-refractivity contribution >= 4 is 5.90 Å². The quantitative estimate of drug-likeness (QED) is 0.630. The molecule has 2 aromatic rings. The smallest absolute Gasteiger partial charge is 0.213 e. The lowest BCUT2D eigenvalue weighted by atomic mass is 10.2. The maximum absolute atomic E-state index is 7.70. The molecule has 1 heterocycles. The molecule has 1 aromatic carbocycles. The van der Waals surface area contributed by atoms with Crippen LogP contribution in [0, 0.1) is 5.41 Å². The predicted octanol–water partition coefficient (Wildman–Crippen LogP) is 2.23. The predicted molar refractivity (Wildman–Crippen MR) is 62.0 cm³/mol. The Kier molecular flexibility index (Phi) is 3.00. The van der Waals surface area contributed by atoms with Gasteiger partial charge in [-0.3, -0.25) is 5.41 Å². The van der Waals surface area contributed by atoms with E-state index in [9.17, 15) is 0 Å². The molecule has 1 N–H and O–H groups in total. The topological polar surface area (TPSA) is 50.9 Å². The monoisotopic (exact) mass is 215 g/mol. The van der Waals surface area contributed by atoms with Crippen LogP contribution in [-0.4, -0.2) is 22.3 Å². The summed E-state index contributed by atoms with van der Waals surface area (Å²) in [4.78, 5) is 0. The first-order chi connectivity index (χ1) is 7.81. The minimum atomic E-state index is 0.191. The van der Waals surface area contributed by atoms with Gasteiger partial charge in [0.1, 0.15) is 0 Å². The van der Waals surface area contributed by atoms with Gasteiger partial charge in [-0.2, -0.15) is 5.10 Å². The van der Waals surface area contributed by atoms with E-state index in [0.29, 0.717) is 6.61 Å². The molecular formula is C12H13N3O. The van der Waals surface area contributed by atoms with Gasteiger partial charge in [-0.1, -0.05) is 6.07 Å². The number of nitrogens with one attached hydrogen (secondary N) is 1. The Bertz CT molecular complexity index is 477. The van der Waals surface area contributed by atoms with Gasteiger partial charge in [0.15, 0.2) is 0 Å². The molecule has 2 rings (SSSR count). The van der Waals surface area contributed by atoms with Gasteiger partial charge < -0.3 is 4.74 Å². The fourth-order valence-corrected chi connectivity index (χ4v) is 1.44. The van der Waals surface area contributed by atoms with Crippen LogP contribution in [0.1, 0.15) is 12.5 Å². The zero-order valence-corrected chi connectivity index (χ0v) is 9.05. The van der Waals surface area contributed by atoms with Gasteiger partial charge >= 0.3 is 0 Å². The lowest BCUT2D eigenvalue weighted by Crippen LogP contribution is -2.05. The SMILES string of the molecule is CCOC(=N)c1cccc(-n2cccn2)c1. The molecule has 4 nitrogen and oxygen atoms in total. The Morgan fingerprint density at radius 2 is 2.31 bits per heavy atom. The van der Waals surface area contributed by atoms with Crippen molar-refractivity contribution in [3.05, 3.63) is 48.3 Å². The van der Waals surface area contributed by atoms with Crippen LogP contribution in [0.25, 0.3) is 5.69 Å². The van der Waals surface area contributed by atoms with Crippen LogP contribution in [0.15, 0.2) is 42.7 Å². The van der Waals surface area contributed by atoms with Crippen molar-refractivity contribution in [3.8, 4) is 5.69 Å². The third-order valence-electron chi connectivity index (χ3n) is 2.17. The molecule has 0 saturated heterocycles. The molecule has 0 saturated carbocycles. The van der Waals surface area contributed by atoms with E-state index in [1.807, 2.05) is 43.5 Å². The average molecular weight is 215 g/mol. The third kappa shape index (κ3) is 2.11. The van der Waals surface area contributed by atoms with Crippen LogP contribution >= 0.6 is 0 Å². The molecule has 0 amide bonds. The normalized spacial score (nSPS) is 10.1. The van der Waals surface area contributed by atoms with Gasteiger partial charge in [0, 0.05) is 18.0 Å². The first-order valence-electron chi connectivity index (χ1n) is 5.13. The van der Waals surface area contributed by atoms with E-state index in [-0.39, 0.29) is 5.90 Å². The van der Waals surface area contributed by atoms with E-state index in [2.05, 4.69) is 5.10 Å². The van der Waals surface area contributed by atoms with Crippen LogP contribution in [0.4, 0.5) is 0 Å². The van der Waals surface area contributed by atoms with Gasteiger partial charge in [0.05, 0.1) is 12.3 Å². The highest BCUT2D eigenvalue weighted by molar-refractivity contribution is 5.92. The van der Waals surface area contributed by atoms with Crippen molar-refractivity contribution in [1.82, 2.24) is 9.78 Å².